The van der Waals surface area contributed by atoms with Crippen molar-refractivity contribution in [3.8, 4) is 0 Å². The Kier molecular flexibility index (Phi) is 11.5. The molecule has 0 spiro atoms. The molecule has 0 bridgehead atoms. The lowest BCUT2D eigenvalue weighted by molar-refractivity contribution is 0.0485. The topological polar surface area (TPSA) is 108 Å². The molecule has 9 heteroatoms. The third kappa shape index (κ3) is 11.0. The maximum absolute atomic E-state index is 12.2. The van der Waals surface area contributed by atoms with E-state index in [0.29, 0.717) is 25.2 Å². The first-order valence-electron chi connectivity index (χ1n) is 11.2. The van der Waals surface area contributed by atoms with Crippen molar-refractivity contribution in [1.29, 1.82) is 0 Å². The quantitative estimate of drug-likeness (QED) is 0.289. The van der Waals surface area contributed by atoms with Crippen LogP contribution in [0.3, 0.4) is 0 Å². The minimum Gasteiger partial charge on any atom is -0.444 e. The molecule has 0 aliphatic carbocycles. The molecule has 0 radical (unpaired) electrons. The summed E-state index contributed by atoms with van der Waals surface area (Å²) < 4.78 is 5.39. The number of aliphatic imine (C=N–C) groups is 1. The molecule has 1 unspecified atom stereocenters. The van der Waals surface area contributed by atoms with Gasteiger partial charge in [-0.3, -0.25) is 14.8 Å². The van der Waals surface area contributed by atoms with Crippen molar-refractivity contribution in [3.63, 3.8) is 0 Å². The van der Waals surface area contributed by atoms with Gasteiger partial charge in [0.1, 0.15) is 5.60 Å². The molecular weight excluding hydrogens is 408 g/mol. The second kappa shape index (κ2) is 13.5. The number of pyridine rings is 1. The Balaban J connectivity index is 2.57. The molecule has 1 aromatic heterocycles. The standard InChI is InChI=1S/C23H40N6O3/c1-8-25-21(27-14-13-26-20(30)18-10-9-12-24-16-18)29(7)15-11-19(17(2)3)28-22(31)32-23(4,5)6/h9-10,12,16-17,19H,8,11,13-15H2,1-7H3,(H,25,27)(H,26,30)(H,28,31). The zero-order chi connectivity index (χ0) is 24.1. The van der Waals surface area contributed by atoms with Crippen LogP contribution in [0.4, 0.5) is 4.79 Å². The molecule has 1 atom stereocenters. The second-order valence-electron chi connectivity index (χ2n) is 8.94. The molecule has 3 N–H and O–H groups in total. The summed E-state index contributed by atoms with van der Waals surface area (Å²) in [6.45, 7) is 14.0. The highest BCUT2D eigenvalue weighted by Gasteiger charge is 2.22. The minimum absolute atomic E-state index is 0.0195. The zero-order valence-electron chi connectivity index (χ0n) is 20.6. The summed E-state index contributed by atoms with van der Waals surface area (Å²) >= 11 is 0. The molecule has 9 nitrogen and oxygen atoms in total. The minimum atomic E-state index is -0.528. The molecule has 1 heterocycles. The summed E-state index contributed by atoms with van der Waals surface area (Å²) in [5, 5.41) is 9.09. The number of guanidine groups is 1. The van der Waals surface area contributed by atoms with Gasteiger partial charge in [-0.1, -0.05) is 13.8 Å². The normalized spacial score (nSPS) is 12.8. The van der Waals surface area contributed by atoms with Gasteiger partial charge in [0.15, 0.2) is 5.96 Å². The highest BCUT2D eigenvalue weighted by atomic mass is 16.6. The first-order valence-corrected chi connectivity index (χ1v) is 11.2. The number of alkyl carbamates (subject to hydrolysis) is 1. The van der Waals surface area contributed by atoms with Crippen molar-refractivity contribution in [3.05, 3.63) is 30.1 Å². The van der Waals surface area contributed by atoms with Crippen LogP contribution in [0.1, 0.15) is 58.3 Å². The molecule has 0 saturated carbocycles. The highest BCUT2D eigenvalue weighted by molar-refractivity contribution is 5.93. The van der Waals surface area contributed by atoms with Crippen LogP contribution in [0, 0.1) is 5.92 Å². The van der Waals surface area contributed by atoms with Crippen molar-refractivity contribution in [2.75, 3.05) is 33.2 Å². The first kappa shape index (κ1) is 27.2. The lowest BCUT2D eigenvalue weighted by Gasteiger charge is -2.28. The molecule has 0 saturated heterocycles. The van der Waals surface area contributed by atoms with Gasteiger partial charge in [-0.05, 0) is 52.2 Å². The number of amides is 2. The largest absolute Gasteiger partial charge is 0.444 e. The molecule has 0 aliphatic rings. The number of carbonyl (C=O) groups is 2. The molecule has 32 heavy (non-hydrogen) atoms. The van der Waals surface area contributed by atoms with Crippen molar-refractivity contribution in [1.82, 2.24) is 25.8 Å². The van der Waals surface area contributed by atoms with E-state index in [-0.39, 0.29) is 17.9 Å². The maximum atomic E-state index is 12.2. The summed E-state index contributed by atoms with van der Waals surface area (Å²) in [7, 11) is 1.96. The Hall–Kier alpha value is -2.84. The predicted octanol–water partition coefficient (Wildman–Crippen LogP) is 2.65. The van der Waals surface area contributed by atoms with Crippen LogP contribution in [-0.2, 0) is 4.74 Å². The van der Waals surface area contributed by atoms with Crippen LogP contribution in [0.25, 0.3) is 0 Å². The van der Waals surface area contributed by atoms with Gasteiger partial charge >= 0.3 is 6.09 Å². The van der Waals surface area contributed by atoms with Crippen molar-refractivity contribution < 1.29 is 14.3 Å². The number of ether oxygens (including phenoxy) is 1. The van der Waals surface area contributed by atoms with E-state index in [0.717, 1.165) is 18.9 Å². The Morgan fingerprint density at radius 3 is 2.53 bits per heavy atom. The lowest BCUT2D eigenvalue weighted by Crippen LogP contribution is -2.45. The van der Waals surface area contributed by atoms with Crippen molar-refractivity contribution in [2.45, 2.75) is 59.6 Å². The van der Waals surface area contributed by atoms with E-state index in [1.807, 2.05) is 39.6 Å². The van der Waals surface area contributed by atoms with Gasteiger partial charge in [-0.15, -0.1) is 0 Å². The van der Waals surface area contributed by atoms with E-state index >= 15 is 0 Å². The molecule has 0 aliphatic heterocycles. The lowest BCUT2D eigenvalue weighted by atomic mass is 10.0. The molecule has 180 valence electrons. The fourth-order valence-electron chi connectivity index (χ4n) is 2.87. The smallest absolute Gasteiger partial charge is 0.407 e. The fourth-order valence-corrected chi connectivity index (χ4v) is 2.87. The Bertz CT molecular complexity index is 731. The van der Waals surface area contributed by atoms with E-state index in [1.54, 1.807) is 18.3 Å². The van der Waals surface area contributed by atoms with E-state index < -0.39 is 11.7 Å². The van der Waals surface area contributed by atoms with Gasteiger partial charge < -0.3 is 25.6 Å². The summed E-state index contributed by atoms with van der Waals surface area (Å²) in [6.07, 6.45) is 3.51. The van der Waals surface area contributed by atoms with Gasteiger partial charge in [0, 0.05) is 45.1 Å². The summed E-state index contributed by atoms with van der Waals surface area (Å²) in [4.78, 5) is 34.8. The van der Waals surface area contributed by atoms with Crippen LogP contribution in [0.5, 0.6) is 0 Å². The third-order valence-electron chi connectivity index (χ3n) is 4.56. The number of rotatable bonds is 10. The summed E-state index contributed by atoms with van der Waals surface area (Å²) in [6, 6.07) is 3.43. The number of nitrogens with zero attached hydrogens (tertiary/aromatic N) is 3. The number of nitrogens with one attached hydrogen (secondary N) is 3. The van der Waals surface area contributed by atoms with Crippen LogP contribution in [-0.4, -0.2) is 72.7 Å². The molecule has 0 aromatic carbocycles. The monoisotopic (exact) mass is 448 g/mol. The number of hydrogen-bond donors (Lipinski definition) is 3. The fraction of sp³-hybridized carbons (Fsp3) is 0.652. The van der Waals surface area contributed by atoms with Gasteiger partial charge in [0.25, 0.3) is 5.91 Å². The van der Waals surface area contributed by atoms with Crippen LogP contribution in [0.2, 0.25) is 0 Å². The summed E-state index contributed by atoms with van der Waals surface area (Å²) in [5.41, 5.74) is -0.00239. The number of carbonyl (C=O) groups excluding carboxylic acids is 2. The number of aromatic nitrogens is 1. The zero-order valence-corrected chi connectivity index (χ0v) is 20.6. The Morgan fingerprint density at radius 2 is 1.97 bits per heavy atom. The van der Waals surface area contributed by atoms with Crippen LogP contribution in [0.15, 0.2) is 29.5 Å². The second-order valence-corrected chi connectivity index (χ2v) is 8.94. The molecule has 1 aromatic rings. The molecule has 2 amide bonds. The van der Waals surface area contributed by atoms with Gasteiger partial charge in [-0.2, -0.15) is 0 Å². The summed E-state index contributed by atoms with van der Waals surface area (Å²) in [5.74, 6) is 0.848. The van der Waals surface area contributed by atoms with E-state index in [4.69, 9.17) is 4.74 Å². The molecular formula is C23H40N6O3. The van der Waals surface area contributed by atoms with E-state index in [9.17, 15) is 9.59 Å². The molecule has 1 rings (SSSR count). The predicted molar refractivity (Wildman–Crippen MR) is 128 cm³/mol. The maximum Gasteiger partial charge on any atom is 0.407 e. The van der Waals surface area contributed by atoms with Gasteiger partial charge in [-0.25, -0.2) is 4.79 Å². The first-order chi connectivity index (χ1) is 15.0. The van der Waals surface area contributed by atoms with Crippen molar-refractivity contribution in [2.24, 2.45) is 10.9 Å². The van der Waals surface area contributed by atoms with E-state index in [1.165, 1.54) is 6.20 Å². The Morgan fingerprint density at radius 1 is 1.25 bits per heavy atom. The van der Waals surface area contributed by atoms with Gasteiger partial charge in [0.2, 0.25) is 0 Å². The highest BCUT2D eigenvalue weighted by Crippen LogP contribution is 2.11. The molecule has 0 fully saturated rings. The SMILES string of the molecule is CCNC(=NCCNC(=O)c1cccnc1)N(C)CCC(NC(=O)OC(C)(C)C)C(C)C. The van der Waals surface area contributed by atoms with Crippen LogP contribution >= 0.6 is 0 Å². The van der Waals surface area contributed by atoms with E-state index in [2.05, 4.69) is 39.8 Å². The van der Waals surface area contributed by atoms with Gasteiger partial charge in [0.05, 0.1) is 12.1 Å². The van der Waals surface area contributed by atoms with Crippen LogP contribution < -0.4 is 16.0 Å². The average Bonchev–Trinajstić information content (AvgIpc) is 2.72. The third-order valence-corrected chi connectivity index (χ3v) is 4.56. The Labute approximate surface area is 192 Å². The number of hydrogen-bond acceptors (Lipinski definition) is 5. The van der Waals surface area contributed by atoms with Crippen molar-refractivity contribution >= 4 is 18.0 Å². The average molecular weight is 449 g/mol.